The Kier molecular flexibility index (Phi) is 6.15. The van der Waals surface area contributed by atoms with Crippen molar-refractivity contribution in [1.82, 2.24) is 5.48 Å². The summed E-state index contributed by atoms with van der Waals surface area (Å²) >= 11 is 0. The molecule has 0 aliphatic heterocycles. The van der Waals surface area contributed by atoms with Crippen molar-refractivity contribution in [2.75, 3.05) is 12.8 Å². The fourth-order valence-electron chi connectivity index (χ4n) is 0.771. The number of carbonyl (C=O) groups is 1. The van der Waals surface area contributed by atoms with Crippen LogP contribution < -0.4 is 11.2 Å². The third-order valence-corrected chi connectivity index (χ3v) is 1.34. The number of nitrogen functional groups attached to an aromatic ring is 1. The number of hydrogen-bond donors (Lipinski definition) is 2. The Balaban J connectivity index is 0.000000791. The van der Waals surface area contributed by atoms with Gasteiger partial charge >= 0.3 is 5.97 Å². The first kappa shape index (κ1) is 12.4. The zero-order valence-electron chi connectivity index (χ0n) is 8.70. The fourth-order valence-corrected chi connectivity index (χ4v) is 0.771. The third-order valence-electron chi connectivity index (χ3n) is 1.34. The van der Waals surface area contributed by atoms with Gasteiger partial charge in [-0.15, -0.1) is 0 Å². The monoisotopic (exact) mass is 196 g/mol. The average Bonchev–Trinajstić information content (AvgIpc) is 2.22. The van der Waals surface area contributed by atoms with Crippen LogP contribution in [0.15, 0.2) is 24.3 Å². The summed E-state index contributed by atoms with van der Waals surface area (Å²) in [4.78, 5) is 15.6. The van der Waals surface area contributed by atoms with E-state index in [0.717, 1.165) is 0 Å². The molecule has 0 unspecified atom stereocenters. The molecular formula is C10H16N2O2. The van der Waals surface area contributed by atoms with Gasteiger partial charge in [0.05, 0.1) is 5.56 Å². The summed E-state index contributed by atoms with van der Waals surface area (Å²) < 4.78 is 0. The van der Waals surface area contributed by atoms with Crippen LogP contribution in [0.5, 0.6) is 0 Å². The second-order valence-corrected chi connectivity index (χ2v) is 2.22. The zero-order chi connectivity index (χ0) is 11.0. The predicted octanol–water partition coefficient (Wildman–Crippen LogP) is 1.59. The van der Waals surface area contributed by atoms with Crippen molar-refractivity contribution < 1.29 is 9.63 Å². The summed E-state index contributed by atoms with van der Waals surface area (Å²) in [6, 6.07) is 6.50. The molecule has 0 fully saturated rings. The van der Waals surface area contributed by atoms with E-state index in [9.17, 15) is 4.79 Å². The molecule has 0 saturated heterocycles. The van der Waals surface area contributed by atoms with Crippen LogP contribution in [0.3, 0.4) is 0 Å². The molecule has 0 saturated carbocycles. The van der Waals surface area contributed by atoms with E-state index in [1.807, 2.05) is 13.8 Å². The maximum Gasteiger partial charge on any atom is 0.356 e. The summed E-state index contributed by atoms with van der Waals surface area (Å²) in [6.45, 7) is 4.00. The SMILES string of the molecule is CC.CNOC(=O)c1ccc(N)cc1. The molecule has 0 aliphatic rings. The van der Waals surface area contributed by atoms with Gasteiger partial charge in [-0.2, -0.15) is 5.48 Å². The van der Waals surface area contributed by atoms with E-state index < -0.39 is 5.97 Å². The fraction of sp³-hybridized carbons (Fsp3) is 0.300. The minimum absolute atomic E-state index is 0.419. The molecule has 0 amide bonds. The van der Waals surface area contributed by atoms with Crippen molar-refractivity contribution in [3.63, 3.8) is 0 Å². The average molecular weight is 196 g/mol. The van der Waals surface area contributed by atoms with Crippen molar-refractivity contribution in [1.29, 1.82) is 0 Å². The van der Waals surface area contributed by atoms with E-state index in [4.69, 9.17) is 5.73 Å². The van der Waals surface area contributed by atoms with Gasteiger partial charge in [0, 0.05) is 12.7 Å². The molecular weight excluding hydrogens is 180 g/mol. The molecule has 0 aromatic heterocycles. The van der Waals surface area contributed by atoms with E-state index in [0.29, 0.717) is 11.3 Å². The molecule has 0 atom stereocenters. The molecule has 4 heteroatoms. The van der Waals surface area contributed by atoms with Crippen molar-refractivity contribution >= 4 is 11.7 Å². The Morgan fingerprint density at radius 2 is 1.79 bits per heavy atom. The van der Waals surface area contributed by atoms with Gasteiger partial charge in [-0.05, 0) is 24.3 Å². The van der Waals surface area contributed by atoms with E-state index in [1.165, 1.54) is 7.05 Å². The van der Waals surface area contributed by atoms with Gasteiger partial charge in [0.1, 0.15) is 0 Å². The third kappa shape index (κ3) is 3.91. The standard InChI is InChI=1S/C8H10N2O2.C2H6/c1-10-12-8(11)6-2-4-7(9)5-3-6;1-2/h2-5,10H,9H2,1H3;1-2H3. The maximum atomic E-state index is 11.0. The van der Waals surface area contributed by atoms with Crippen molar-refractivity contribution in [2.45, 2.75) is 13.8 Å². The van der Waals surface area contributed by atoms with E-state index in [-0.39, 0.29) is 0 Å². The van der Waals surface area contributed by atoms with Crippen molar-refractivity contribution in [3.8, 4) is 0 Å². The van der Waals surface area contributed by atoms with Crippen LogP contribution >= 0.6 is 0 Å². The lowest BCUT2D eigenvalue weighted by molar-refractivity contribution is 0.0310. The van der Waals surface area contributed by atoms with Crippen LogP contribution in [-0.4, -0.2) is 13.0 Å². The smallest absolute Gasteiger partial charge is 0.356 e. The Labute approximate surface area is 84.0 Å². The highest BCUT2D eigenvalue weighted by Gasteiger charge is 2.04. The molecule has 0 heterocycles. The van der Waals surface area contributed by atoms with Gasteiger partial charge in [0.25, 0.3) is 0 Å². The van der Waals surface area contributed by atoms with Crippen LogP contribution in [0.25, 0.3) is 0 Å². The highest BCUT2D eigenvalue weighted by molar-refractivity contribution is 5.89. The predicted molar refractivity (Wildman–Crippen MR) is 56.7 cm³/mol. The quantitative estimate of drug-likeness (QED) is 0.557. The molecule has 0 aliphatic carbocycles. The molecule has 1 rings (SSSR count). The van der Waals surface area contributed by atoms with Crippen LogP contribution in [0, 0.1) is 0 Å². The van der Waals surface area contributed by atoms with Crippen molar-refractivity contribution in [2.24, 2.45) is 0 Å². The molecule has 3 N–H and O–H groups in total. The number of rotatable bonds is 2. The number of hydrogen-bond acceptors (Lipinski definition) is 4. The van der Waals surface area contributed by atoms with E-state index in [2.05, 4.69) is 10.3 Å². The zero-order valence-corrected chi connectivity index (χ0v) is 8.70. The van der Waals surface area contributed by atoms with E-state index >= 15 is 0 Å². The summed E-state index contributed by atoms with van der Waals surface area (Å²) in [7, 11) is 1.52. The van der Waals surface area contributed by atoms with Gasteiger partial charge in [-0.3, -0.25) is 0 Å². The first-order valence-electron chi connectivity index (χ1n) is 4.47. The largest absolute Gasteiger partial charge is 0.399 e. The lowest BCUT2D eigenvalue weighted by Gasteiger charge is -2.00. The second-order valence-electron chi connectivity index (χ2n) is 2.22. The number of benzene rings is 1. The molecule has 1 aromatic carbocycles. The van der Waals surface area contributed by atoms with Crippen LogP contribution in [0.4, 0.5) is 5.69 Å². The minimum Gasteiger partial charge on any atom is -0.399 e. The summed E-state index contributed by atoms with van der Waals surface area (Å²) in [5.41, 5.74) is 8.82. The Morgan fingerprint density at radius 1 is 1.29 bits per heavy atom. The molecule has 0 radical (unpaired) electrons. The normalized spacial score (nSPS) is 8.50. The van der Waals surface area contributed by atoms with E-state index in [1.54, 1.807) is 24.3 Å². The highest BCUT2D eigenvalue weighted by atomic mass is 16.7. The first-order chi connectivity index (χ1) is 6.74. The number of nitrogens with one attached hydrogen (secondary N) is 1. The van der Waals surface area contributed by atoms with Gasteiger partial charge in [-0.1, -0.05) is 13.8 Å². The minimum atomic E-state index is -0.419. The van der Waals surface area contributed by atoms with Gasteiger partial charge in [0.15, 0.2) is 0 Å². The first-order valence-corrected chi connectivity index (χ1v) is 4.47. The summed E-state index contributed by atoms with van der Waals surface area (Å²) in [6.07, 6.45) is 0. The summed E-state index contributed by atoms with van der Waals surface area (Å²) in [5, 5.41) is 0. The molecule has 4 nitrogen and oxygen atoms in total. The highest BCUT2D eigenvalue weighted by Crippen LogP contribution is 2.05. The number of carbonyl (C=O) groups excluding carboxylic acids is 1. The van der Waals surface area contributed by atoms with Gasteiger partial charge < -0.3 is 10.6 Å². The maximum absolute atomic E-state index is 11.0. The van der Waals surface area contributed by atoms with Crippen LogP contribution in [0.1, 0.15) is 24.2 Å². The second kappa shape index (κ2) is 6.91. The molecule has 0 spiro atoms. The van der Waals surface area contributed by atoms with Gasteiger partial charge in [0.2, 0.25) is 0 Å². The molecule has 78 valence electrons. The van der Waals surface area contributed by atoms with Crippen LogP contribution in [-0.2, 0) is 4.84 Å². The lowest BCUT2D eigenvalue weighted by Crippen LogP contribution is -2.14. The number of hydroxylamine groups is 1. The molecule has 1 aromatic rings. The summed E-state index contributed by atoms with van der Waals surface area (Å²) in [5.74, 6) is -0.419. The van der Waals surface area contributed by atoms with Crippen molar-refractivity contribution in [3.05, 3.63) is 29.8 Å². The Morgan fingerprint density at radius 3 is 2.21 bits per heavy atom. The molecule has 0 bridgehead atoms. The Hall–Kier alpha value is -1.55. The topological polar surface area (TPSA) is 64.3 Å². The number of anilines is 1. The number of nitrogens with two attached hydrogens (primary N) is 1. The Bertz CT molecular complexity index is 270. The molecule has 14 heavy (non-hydrogen) atoms. The lowest BCUT2D eigenvalue weighted by atomic mass is 10.2. The van der Waals surface area contributed by atoms with Gasteiger partial charge in [-0.25, -0.2) is 4.79 Å². The van der Waals surface area contributed by atoms with Crippen LogP contribution in [0.2, 0.25) is 0 Å².